The van der Waals surface area contributed by atoms with Crippen molar-refractivity contribution in [1.29, 1.82) is 0 Å². The van der Waals surface area contributed by atoms with E-state index >= 15 is 0 Å². The zero-order valence-electron chi connectivity index (χ0n) is 15.5. The first-order chi connectivity index (χ1) is 13.3. The van der Waals surface area contributed by atoms with E-state index in [-0.39, 0.29) is 0 Å². The fourth-order valence-corrected chi connectivity index (χ4v) is 5.63. The lowest BCUT2D eigenvalue weighted by Gasteiger charge is -2.33. The largest absolute Gasteiger partial charge is 0.356 e. The highest BCUT2D eigenvalue weighted by Gasteiger charge is 2.26. The van der Waals surface area contributed by atoms with Crippen molar-refractivity contribution in [2.75, 3.05) is 24.5 Å². The molecule has 0 spiro atoms. The zero-order chi connectivity index (χ0) is 18.2. The van der Waals surface area contributed by atoms with Gasteiger partial charge < -0.3 is 10.6 Å². The summed E-state index contributed by atoms with van der Waals surface area (Å²) >= 11 is 1.88. The van der Waals surface area contributed by atoms with Gasteiger partial charge in [0.2, 0.25) is 0 Å². The average Bonchev–Trinajstić information content (AvgIpc) is 3.12. The lowest BCUT2D eigenvalue weighted by Crippen LogP contribution is -2.36. The Morgan fingerprint density at radius 3 is 2.63 bits per heavy atom. The Balaban J connectivity index is 1.65. The van der Waals surface area contributed by atoms with Crippen molar-refractivity contribution in [3.05, 3.63) is 35.0 Å². The molecule has 1 aliphatic heterocycles. The Morgan fingerprint density at radius 2 is 1.85 bits per heavy atom. The number of hydrogen-bond acceptors (Lipinski definition) is 6. The second-order valence-corrected chi connectivity index (χ2v) is 8.75. The van der Waals surface area contributed by atoms with Crippen LogP contribution in [0.2, 0.25) is 0 Å². The summed E-state index contributed by atoms with van der Waals surface area (Å²) in [6, 6.07) is 4.00. The van der Waals surface area contributed by atoms with Crippen molar-refractivity contribution in [2.45, 2.75) is 38.5 Å². The van der Waals surface area contributed by atoms with Crippen LogP contribution in [-0.4, -0.2) is 34.6 Å². The van der Waals surface area contributed by atoms with E-state index in [0.717, 1.165) is 54.5 Å². The molecular weight excluding hydrogens is 354 g/mol. The Bertz CT molecular complexity index is 944. The molecule has 6 heteroatoms. The monoisotopic (exact) mass is 379 g/mol. The van der Waals surface area contributed by atoms with Gasteiger partial charge in [-0.05, 0) is 68.7 Å². The maximum atomic E-state index is 5.90. The number of anilines is 1. The third-order valence-corrected chi connectivity index (χ3v) is 7.17. The molecule has 0 saturated carbocycles. The van der Waals surface area contributed by atoms with E-state index in [1.807, 2.05) is 35.9 Å². The van der Waals surface area contributed by atoms with Crippen molar-refractivity contribution >= 4 is 27.4 Å². The number of thiophene rings is 1. The number of aryl methyl sites for hydroxylation is 2. The highest BCUT2D eigenvalue weighted by molar-refractivity contribution is 7.19. The molecule has 0 bridgehead atoms. The molecule has 2 N–H and O–H groups in total. The number of aromatic nitrogens is 3. The maximum Gasteiger partial charge on any atom is 0.163 e. The summed E-state index contributed by atoms with van der Waals surface area (Å²) in [6.45, 7) is 2.87. The minimum Gasteiger partial charge on any atom is -0.356 e. The lowest BCUT2D eigenvalue weighted by atomic mass is 9.95. The van der Waals surface area contributed by atoms with Crippen LogP contribution < -0.4 is 10.6 Å². The van der Waals surface area contributed by atoms with E-state index in [1.54, 1.807) is 0 Å². The second kappa shape index (κ2) is 7.17. The fourth-order valence-electron chi connectivity index (χ4n) is 4.38. The zero-order valence-corrected chi connectivity index (χ0v) is 16.3. The molecule has 0 radical (unpaired) electrons. The van der Waals surface area contributed by atoms with Crippen molar-refractivity contribution in [1.82, 2.24) is 15.0 Å². The molecule has 1 aliphatic carbocycles. The van der Waals surface area contributed by atoms with Crippen LogP contribution in [0.1, 0.15) is 36.1 Å². The van der Waals surface area contributed by atoms with Gasteiger partial charge in [-0.1, -0.05) is 0 Å². The summed E-state index contributed by atoms with van der Waals surface area (Å²) in [6.07, 6.45) is 10.9. The quantitative estimate of drug-likeness (QED) is 0.749. The maximum absolute atomic E-state index is 5.90. The molecular formula is C21H25N5S. The second-order valence-electron chi connectivity index (χ2n) is 7.66. The third-order valence-electron chi connectivity index (χ3n) is 5.98. The summed E-state index contributed by atoms with van der Waals surface area (Å²) < 4.78 is 0. The van der Waals surface area contributed by atoms with Gasteiger partial charge in [-0.25, -0.2) is 9.97 Å². The van der Waals surface area contributed by atoms with Crippen molar-refractivity contribution in [3.63, 3.8) is 0 Å². The van der Waals surface area contributed by atoms with Gasteiger partial charge in [0.05, 0.1) is 5.39 Å². The summed E-state index contributed by atoms with van der Waals surface area (Å²) in [5.41, 5.74) is 8.46. The fraction of sp³-hybridized carbons (Fsp3) is 0.476. The standard InChI is InChI=1S/C21H25N5S/c22-13-14-7-11-26(12-8-14)20-18-16-3-1-2-4-17(16)27-21(18)25-19(24-20)15-5-9-23-10-6-15/h5-6,9-10,14H,1-4,7-8,11-13,22H2. The first-order valence-corrected chi connectivity index (χ1v) is 10.8. The topological polar surface area (TPSA) is 67.9 Å². The van der Waals surface area contributed by atoms with Gasteiger partial charge in [0.15, 0.2) is 5.82 Å². The SMILES string of the molecule is NCC1CCN(c2nc(-c3ccncc3)nc3sc4c(c23)CCCC4)CC1. The van der Waals surface area contributed by atoms with Crippen LogP contribution in [0.15, 0.2) is 24.5 Å². The molecule has 4 heterocycles. The van der Waals surface area contributed by atoms with Gasteiger partial charge in [-0.2, -0.15) is 0 Å². The molecule has 0 amide bonds. The number of piperidine rings is 1. The molecule has 1 fully saturated rings. The first kappa shape index (κ1) is 17.1. The average molecular weight is 380 g/mol. The minimum atomic E-state index is 0.648. The molecule has 0 aromatic carbocycles. The van der Waals surface area contributed by atoms with Gasteiger partial charge in [0, 0.05) is 35.9 Å². The highest BCUT2D eigenvalue weighted by atomic mass is 32.1. The molecule has 5 nitrogen and oxygen atoms in total. The Morgan fingerprint density at radius 1 is 1.07 bits per heavy atom. The molecule has 3 aromatic heterocycles. The number of rotatable bonds is 3. The van der Waals surface area contributed by atoms with Crippen LogP contribution in [-0.2, 0) is 12.8 Å². The first-order valence-electron chi connectivity index (χ1n) is 10.0. The number of nitrogens with zero attached hydrogens (tertiary/aromatic N) is 4. The predicted octanol–water partition coefficient (Wildman–Crippen LogP) is 3.81. The van der Waals surface area contributed by atoms with E-state index in [1.165, 1.54) is 41.5 Å². The Labute approximate surface area is 163 Å². The highest BCUT2D eigenvalue weighted by Crippen LogP contribution is 2.41. The van der Waals surface area contributed by atoms with Crippen molar-refractivity contribution in [3.8, 4) is 11.4 Å². The van der Waals surface area contributed by atoms with Gasteiger partial charge in [-0.3, -0.25) is 4.98 Å². The molecule has 1 saturated heterocycles. The molecule has 140 valence electrons. The lowest BCUT2D eigenvalue weighted by molar-refractivity contribution is 0.413. The number of nitrogens with two attached hydrogens (primary N) is 1. The molecule has 2 aliphatic rings. The van der Waals surface area contributed by atoms with Crippen LogP contribution in [0.4, 0.5) is 5.82 Å². The van der Waals surface area contributed by atoms with Gasteiger partial charge in [0.1, 0.15) is 10.6 Å². The number of hydrogen-bond donors (Lipinski definition) is 1. The van der Waals surface area contributed by atoms with E-state index in [0.29, 0.717) is 5.92 Å². The van der Waals surface area contributed by atoms with Gasteiger partial charge in [0.25, 0.3) is 0 Å². The van der Waals surface area contributed by atoms with Crippen molar-refractivity contribution < 1.29 is 0 Å². The van der Waals surface area contributed by atoms with Crippen LogP contribution in [0.25, 0.3) is 21.6 Å². The molecule has 0 atom stereocenters. The van der Waals surface area contributed by atoms with Crippen LogP contribution in [0.3, 0.4) is 0 Å². The van der Waals surface area contributed by atoms with E-state index < -0.39 is 0 Å². The van der Waals surface area contributed by atoms with Crippen LogP contribution in [0.5, 0.6) is 0 Å². The summed E-state index contributed by atoms with van der Waals surface area (Å²) in [4.78, 5) is 19.4. The Kier molecular flexibility index (Phi) is 4.53. The van der Waals surface area contributed by atoms with E-state index in [2.05, 4.69) is 9.88 Å². The molecule has 3 aromatic rings. The van der Waals surface area contributed by atoms with E-state index in [4.69, 9.17) is 15.7 Å². The number of pyridine rings is 1. The van der Waals surface area contributed by atoms with Gasteiger partial charge >= 0.3 is 0 Å². The van der Waals surface area contributed by atoms with Crippen LogP contribution >= 0.6 is 11.3 Å². The normalized spacial score (nSPS) is 18.0. The Hall–Kier alpha value is -2.05. The smallest absolute Gasteiger partial charge is 0.163 e. The molecule has 5 rings (SSSR count). The van der Waals surface area contributed by atoms with E-state index in [9.17, 15) is 0 Å². The minimum absolute atomic E-state index is 0.648. The summed E-state index contributed by atoms with van der Waals surface area (Å²) in [5.74, 6) is 2.61. The molecule has 0 unspecified atom stereocenters. The summed E-state index contributed by atoms with van der Waals surface area (Å²) in [7, 11) is 0. The number of fused-ring (bicyclic) bond motifs is 3. The van der Waals surface area contributed by atoms with Crippen molar-refractivity contribution in [2.24, 2.45) is 11.7 Å². The summed E-state index contributed by atoms with van der Waals surface area (Å²) in [5, 5.41) is 1.32. The van der Waals surface area contributed by atoms with Gasteiger partial charge in [-0.15, -0.1) is 11.3 Å². The predicted molar refractivity (Wildman–Crippen MR) is 111 cm³/mol. The van der Waals surface area contributed by atoms with Crippen LogP contribution in [0, 0.1) is 5.92 Å². The third kappa shape index (κ3) is 3.11. The molecule has 27 heavy (non-hydrogen) atoms.